The zero-order valence-electron chi connectivity index (χ0n) is 11.4. The summed E-state index contributed by atoms with van der Waals surface area (Å²) in [5.41, 5.74) is 1.12. The summed E-state index contributed by atoms with van der Waals surface area (Å²) in [7, 11) is -2.26. The highest BCUT2D eigenvalue weighted by Crippen LogP contribution is 2.26. The van der Waals surface area contributed by atoms with Gasteiger partial charge >= 0.3 is 0 Å². The van der Waals surface area contributed by atoms with E-state index in [0.717, 1.165) is 0 Å². The first-order valence-electron chi connectivity index (χ1n) is 5.89. The number of carbonyl (C=O) groups is 1. The highest BCUT2D eigenvalue weighted by molar-refractivity contribution is 7.89. The molecule has 112 valence electrons. The fourth-order valence-electron chi connectivity index (χ4n) is 1.76. The Kier molecular flexibility index (Phi) is 4.31. The Hall–Kier alpha value is -1.90. The van der Waals surface area contributed by atoms with Gasteiger partial charge in [-0.25, -0.2) is 13.6 Å². The van der Waals surface area contributed by atoms with Gasteiger partial charge in [0, 0.05) is 5.69 Å². The molecule has 8 heteroatoms. The van der Waals surface area contributed by atoms with Crippen molar-refractivity contribution in [3.8, 4) is 5.75 Å². The Morgan fingerprint density at radius 1 is 1.33 bits per heavy atom. The van der Waals surface area contributed by atoms with E-state index in [0.29, 0.717) is 21.9 Å². The van der Waals surface area contributed by atoms with Crippen LogP contribution in [0.2, 0.25) is 0 Å². The number of thiophene rings is 1. The van der Waals surface area contributed by atoms with Gasteiger partial charge in [-0.1, -0.05) is 0 Å². The van der Waals surface area contributed by atoms with Gasteiger partial charge in [0.15, 0.2) is 0 Å². The Bertz CT molecular complexity index is 781. The van der Waals surface area contributed by atoms with Gasteiger partial charge in [-0.05, 0) is 42.1 Å². The molecule has 21 heavy (non-hydrogen) atoms. The maximum absolute atomic E-state index is 12.2. The van der Waals surface area contributed by atoms with E-state index in [9.17, 15) is 13.2 Å². The topological polar surface area (TPSA) is 98.5 Å². The van der Waals surface area contributed by atoms with Gasteiger partial charge in [-0.15, -0.1) is 11.3 Å². The lowest BCUT2D eigenvalue weighted by Gasteiger charge is -2.09. The minimum absolute atomic E-state index is 0.00621. The fourth-order valence-corrected chi connectivity index (χ4v) is 3.11. The number of aryl methyl sites for hydroxylation is 1. The molecule has 1 aromatic heterocycles. The normalized spacial score (nSPS) is 11.2. The third-order valence-electron chi connectivity index (χ3n) is 2.83. The molecule has 0 unspecified atom stereocenters. The van der Waals surface area contributed by atoms with Crippen molar-refractivity contribution < 1.29 is 17.9 Å². The number of primary sulfonamides is 1. The summed E-state index contributed by atoms with van der Waals surface area (Å²) in [6, 6.07) is 5.98. The molecular formula is C13H14N2O4S2. The number of hydrogen-bond donors (Lipinski definition) is 2. The van der Waals surface area contributed by atoms with E-state index >= 15 is 0 Å². The summed E-state index contributed by atoms with van der Waals surface area (Å²) in [6.07, 6.45) is 0. The van der Waals surface area contributed by atoms with Crippen molar-refractivity contribution in [2.24, 2.45) is 5.14 Å². The van der Waals surface area contributed by atoms with E-state index in [-0.39, 0.29) is 10.8 Å². The quantitative estimate of drug-likeness (QED) is 0.897. The summed E-state index contributed by atoms with van der Waals surface area (Å²) in [6.45, 7) is 1.69. The lowest BCUT2D eigenvalue weighted by atomic mass is 10.2. The second-order valence-electron chi connectivity index (χ2n) is 4.29. The van der Waals surface area contributed by atoms with Gasteiger partial charge in [-0.3, -0.25) is 4.79 Å². The van der Waals surface area contributed by atoms with Gasteiger partial charge in [0.2, 0.25) is 10.0 Å². The molecule has 0 atom stereocenters. The molecule has 0 aliphatic heterocycles. The molecule has 1 aromatic carbocycles. The van der Waals surface area contributed by atoms with E-state index in [2.05, 4.69) is 5.32 Å². The van der Waals surface area contributed by atoms with Crippen molar-refractivity contribution in [3.05, 3.63) is 40.1 Å². The number of hydrogen-bond acceptors (Lipinski definition) is 5. The van der Waals surface area contributed by atoms with Crippen LogP contribution < -0.4 is 15.2 Å². The number of benzene rings is 1. The van der Waals surface area contributed by atoms with Crippen LogP contribution in [0.25, 0.3) is 0 Å². The Morgan fingerprint density at radius 3 is 2.62 bits per heavy atom. The standard InChI is InChI=1S/C13H14N2O4S2/c1-8-7-9(21(14,17)18)3-4-10(8)15-13(16)12-11(19-2)5-6-20-12/h3-7H,1-2H3,(H,15,16)(H2,14,17,18). The van der Waals surface area contributed by atoms with Crippen LogP contribution in [0.3, 0.4) is 0 Å². The molecule has 6 nitrogen and oxygen atoms in total. The number of anilines is 1. The van der Waals surface area contributed by atoms with E-state index in [4.69, 9.17) is 9.88 Å². The first-order valence-corrected chi connectivity index (χ1v) is 8.32. The van der Waals surface area contributed by atoms with Crippen LogP contribution in [-0.2, 0) is 10.0 Å². The van der Waals surface area contributed by atoms with E-state index in [1.165, 1.54) is 36.6 Å². The third-order valence-corrected chi connectivity index (χ3v) is 4.64. The Morgan fingerprint density at radius 2 is 2.05 bits per heavy atom. The monoisotopic (exact) mass is 326 g/mol. The number of nitrogens with two attached hydrogens (primary N) is 1. The molecule has 2 rings (SSSR count). The van der Waals surface area contributed by atoms with Crippen LogP contribution in [-0.4, -0.2) is 21.4 Å². The average molecular weight is 326 g/mol. The molecule has 0 aliphatic carbocycles. The van der Waals surface area contributed by atoms with Gasteiger partial charge in [0.1, 0.15) is 10.6 Å². The number of amides is 1. The lowest BCUT2D eigenvalue weighted by Crippen LogP contribution is -2.14. The van der Waals surface area contributed by atoms with Crippen molar-refractivity contribution in [1.29, 1.82) is 0 Å². The van der Waals surface area contributed by atoms with Crippen LogP contribution >= 0.6 is 11.3 Å². The minimum atomic E-state index is -3.76. The highest BCUT2D eigenvalue weighted by Gasteiger charge is 2.16. The first kappa shape index (κ1) is 15.5. The molecule has 0 spiro atoms. The van der Waals surface area contributed by atoms with Gasteiger partial charge < -0.3 is 10.1 Å². The van der Waals surface area contributed by atoms with E-state index in [1.807, 2.05) is 0 Å². The number of methoxy groups -OCH3 is 1. The molecule has 0 radical (unpaired) electrons. The molecule has 0 aliphatic rings. The van der Waals surface area contributed by atoms with Crippen molar-refractivity contribution >= 4 is 33.0 Å². The predicted octanol–water partition coefficient (Wildman–Crippen LogP) is 1.96. The first-order chi connectivity index (χ1) is 9.82. The number of sulfonamides is 1. The van der Waals surface area contributed by atoms with Crippen molar-refractivity contribution in [2.45, 2.75) is 11.8 Å². The van der Waals surface area contributed by atoms with Crippen molar-refractivity contribution in [3.63, 3.8) is 0 Å². The molecule has 1 amide bonds. The maximum Gasteiger partial charge on any atom is 0.269 e. The summed E-state index contributed by atoms with van der Waals surface area (Å²) in [4.78, 5) is 12.6. The van der Waals surface area contributed by atoms with Crippen LogP contribution in [0.5, 0.6) is 5.75 Å². The van der Waals surface area contributed by atoms with Gasteiger partial charge in [0.05, 0.1) is 12.0 Å². The van der Waals surface area contributed by atoms with Gasteiger partial charge in [-0.2, -0.15) is 0 Å². The maximum atomic E-state index is 12.2. The van der Waals surface area contributed by atoms with Crippen LogP contribution in [0, 0.1) is 6.92 Å². The lowest BCUT2D eigenvalue weighted by molar-refractivity contribution is 0.102. The van der Waals surface area contributed by atoms with E-state index < -0.39 is 10.0 Å². The Balaban J connectivity index is 2.26. The second kappa shape index (κ2) is 5.84. The zero-order valence-corrected chi connectivity index (χ0v) is 13.0. The van der Waals surface area contributed by atoms with E-state index in [1.54, 1.807) is 18.4 Å². The molecule has 3 N–H and O–H groups in total. The smallest absolute Gasteiger partial charge is 0.269 e. The highest BCUT2D eigenvalue weighted by atomic mass is 32.2. The predicted molar refractivity (Wildman–Crippen MR) is 81.4 cm³/mol. The van der Waals surface area contributed by atoms with Crippen molar-refractivity contribution in [1.82, 2.24) is 0 Å². The Labute approximate surface area is 126 Å². The van der Waals surface area contributed by atoms with Crippen LogP contribution in [0.1, 0.15) is 15.2 Å². The third kappa shape index (κ3) is 3.41. The SMILES string of the molecule is COc1ccsc1C(=O)Nc1ccc(S(N)(=O)=O)cc1C. The largest absolute Gasteiger partial charge is 0.495 e. The number of rotatable bonds is 4. The molecule has 0 saturated carbocycles. The zero-order chi connectivity index (χ0) is 15.6. The fraction of sp³-hybridized carbons (Fsp3) is 0.154. The summed E-state index contributed by atoms with van der Waals surface area (Å²) in [5.74, 6) is 0.185. The van der Waals surface area contributed by atoms with Crippen molar-refractivity contribution in [2.75, 3.05) is 12.4 Å². The van der Waals surface area contributed by atoms with Gasteiger partial charge in [0.25, 0.3) is 5.91 Å². The van der Waals surface area contributed by atoms with Crippen LogP contribution in [0.4, 0.5) is 5.69 Å². The molecule has 1 heterocycles. The second-order valence-corrected chi connectivity index (χ2v) is 6.77. The minimum Gasteiger partial charge on any atom is -0.495 e. The number of carbonyl (C=O) groups excluding carboxylic acids is 1. The summed E-state index contributed by atoms with van der Waals surface area (Å²) >= 11 is 1.26. The molecule has 0 bridgehead atoms. The molecule has 0 fully saturated rings. The summed E-state index contributed by atoms with van der Waals surface area (Å²) < 4.78 is 27.6. The number of nitrogens with one attached hydrogen (secondary N) is 1. The molecule has 0 saturated heterocycles. The molecule has 2 aromatic rings. The summed E-state index contributed by atoms with van der Waals surface area (Å²) in [5, 5.41) is 9.54. The van der Waals surface area contributed by atoms with Crippen LogP contribution in [0.15, 0.2) is 34.5 Å². The number of ether oxygens (including phenoxy) is 1. The molecular weight excluding hydrogens is 312 g/mol. The average Bonchev–Trinajstić information content (AvgIpc) is 2.88.